The molecule has 3 atom stereocenters. The van der Waals surface area contributed by atoms with Crippen molar-refractivity contribution < 1.29 is 5.11 Å². The largest absolute Gasteiger partial charge is 0.388 e. The lowest BCUT2D eigenvalue weighted by Gasteiger charge is -2.10. The number of hydrogen-bond donors (Lipinski definition) is 1. The summed E-state index contributed by atoms with van der Waals surface area (Å²) in [6.07, 6.45) is 0.781. The van der Waals surface area contributed by atoms with Crippen molar-refractivity contribution in [3.05, 3.63) is 48.0 Å². The van der Waals surface area contributed by atoms with Crippen LogP contribution in [0.15, 0.2) is 42.5 Å². The number of aliphatic hydroxyl groups excluding tert-OH is 1. The van der Waals surface area contributed by atoms with Crippen LogP contribution in [0.2, 0.25) is 0 Å². The van der Waals surface area contributed by atoms with Gasteiger partial charge in [0.05, 0.1) is 6.10 Å². The van der Waals surface area contributed by atoms with Gasteiger partial charge in [0.2, 0.25) is 0 Å². The molecule has 0 saturated heterocycles. The van der Waals surface area contributed by atoms with Crippen molar-refractivity contribution in [2.45, 2.75) is 19.4 Å². The Labute approximate surface area is 85.1 Å². The van der Waals surface area contributed by atoms with Crippen molar-refractivity contribution >= 4 is 0 Å². The monoisotopic (exact) mass is 188 g/mol. The molecule has 0 aliphatic heterocycles. The van der Waals surface area contributed by atoms with E-state index in [1.165, 1.54) is 5.57 Å². The van der Waals surface area contributed by atoms with Gasteiger partial charge in [-0.15, -0.1) is 0 Å². The molecular formula is C13H16O. The molecule has 1 heteroatoms. The number of aliphatic hydroxyl groups is 1. The predicted octanol–water partition coefficient (Wildman–Crippen LogP) is 2.93. The topological polar surface area (TPSA) is 20.2 Å². The van der Waals surface area contributed by atoms with Crippen LogP contribution in [0.1, 0.15) is 25.0 Å². The number of hydrogen-bond acceptors (Lipinski definition) is 1. The van der Waals surface area contributed by atoms with Crippen LogP contribution in [-0.2, 0) is 0 Å². The minimum Gasteiger partial charge on any atom is -0.388 e. The van der Waals surface area contributed by atoms with E-state index in [-0.39, 0.29) is 6.10 Å². The maximum absolute atomic E-state index is 10.0. The average Bonchev–Trinajstić information content (AvgIpc) is 2.97. The van der Waals surface area contributed by atoms with Crippen molar-refractivity contribution in [2.24, 2.45) is 11.8 Å². The van der Waals surface area contributed by atoms with E-state index < -0.39 is 0 Å². The second kappa shape index (κ2) is 3.58. The van der Waals surface area contributed by atoms with E-state index in [9.17, 15) is 5.11 Å². The molecule has 0 spiro atoms. The van der Waals surface area contributed by atoms with E-state index in [4.69, 9.17) is 0 Å². The second-order valence-electron chi connectivity index (χ2n) is 4.21. The molecule has 0 heterocycles. The summed E-state index contributed by atoms with van der Waals surface area (Å²) in [7, 11) is 0. The normalized spacial score (nSPS) is 27.0. The summed E-state index contributed by atoms with van der Waals surface area (Å²) in [6.45, 7) is 5.98. The van der Waals surface area contributed by atoms with Gasteiger partial charge in [-0.2, -0.15) is 0 Å². The first kappa shape index (κ1) is 9.47. The van der Waals surface area contributed by atoms with Crippen LogP contribution in [0.3, 0.4) is 0 Å². The molecule has 1 N–H and O–H groups in total. The fraction of sp³-hybridized carbons (Fsp3) is 0.385. The summed E-state index contributed by atoms with van der Waals surface area (Å²) in [5.74, 6) is 0.931. The first-order chi connectivity index (χ1) is 6.70. The highest BCUT2D eigenvalue weighted by Gasteiger charge is 2.42. The standard InChI is InChI=1S/C13H16O/c1-9(2)11-8-12(11)13(14)10-6-4-3-5-7-10/h3-7,11-14H,1,8H2,2H3/t11-,12+,13-/m1/s1. The average molecular weight is 188 g/mol. The Morgan fingerprint density at radius 1 is 1.43 bits per heavy atom. The van der Waals surface area contributed by atoms with Crippen LogP contribution in [0, 0.1) is 11.8 Å². The van der Waals surface area contributed by atoms with Crippen molar-refractivity contribution in [3.8, 4) is 0 Å². The smallest absolute Gasteiger partial charge is 0.0824 e. The lowest BCUT2D eigenvalue weighted by molar-refractivity contribution is 0.149. The molecule has 1 saturated carbocycles. The van der Waals surface area contributed by atoms with Gasteiger partial charge in [-0.3, -0.25) is 0 Å². The Kier molecular flexibility index (Phi) is 2.42. The zero-order valence-electron chi connectivity index (χ0n) is 8.48. The molecule has 1 fully saturated rings. The maximum atomic E-state index is 10.0. The van der Waals surface area contributed by atoms with E-state index in [0.29, 0.717) is 11.8 Å². The zero-order valence-corrected chi connectivity index (χ0v) is 8.48. The van der Waals surface area contributed by atoms with Crippen molar-refractivity contribution in [3.63, 3.8) is 0 Å². The fourth-order valence-electron chi connectivity index (χ4n) is 2.03. The summed E-state index contributed by atoms with van der Waals surface area (Å²) >= 11 is 0. The number of rotatable bonds is 3. The highest BCUT2D eigenvalue weighted by molar-refractivity contribution is 5.22. The van der Waals surface area contributed by atoms with Crippen LogP contribution in [0.4, 0.5) is 0 Å². The molecule has 2 rings (SSSR count). The van der Waals surface area contributed by atoms with Gasteiger partial charge in [-0.05, 0) is 30.7 Å². The molecule has 1 aliphatic rings. The maximum Gasteiger partial charge on any atom is 0.0824 e. The molecule has 0 radical (unpaired) electrons. The molecule has 74 valence electrons. The molecule has 0 bridgehead atoms. The minimum absolute atomic E-state index is 0.308. The van der Waals surface area contributed by atoms with Crippen LogP contribution in [0.25, 0.3) is 0 Å². The molecule has 1 nitrogen and oxygen atoms in total. The lowest BCUT2D eigenvalue weighted by atomic mass is 10.0. The summed E-state index contributed by atoms with van der Waals surface area (Å²) in [4.78, 5) is 0. The third-order valence-corrected chi connectivity index (χ3v) is 3.02. The second-order valence-corrected chi connectivity index (χ2v) is 4.21. The Balaban J connectivity index is 2.05. The van der Waals surface area contributed by atoms with Crippen LogP contribution < -0.4 is 0 Å². The van der Waals surface area contributed by atoms with Crippen molar-refractivity contribution in [1.82, 2.24) is 0 Å². The van der Waals surface area contributed by atoms with Gasteiger partial charge < -0.3 is 5.11 Å². The summed E-state index contributed by atoms with van der Waals surface area (Å²) in [5.41, 5.74) is 2.23. The van der Waals surface area contributed by atoms with Gasteiger partial charge in [-0.1, -0.05) is 42.5 Å². The van der Waals surface area contributed by atoms with Crippen molar-refractivity contribution in [1.29, 1.82) is 0 Å². The molecule has 1 aliphatic carbocycles. The Bertz CT molecular complexity index is 328. The number of benzene rings is 1. The molecule has 0 aromatic heterocycles. The molecular weight excluding hydrogens is 172 g/mol. The van der Waals surface area contributed by atoms with E-state index in [1.807, 2.05) is 37.3 Å². The number of allylic oxidation sites excluding steroid dienone is 1. The van der Waals surface area contributed by atoms with Gasteiger partial charge in [-0.25, -0.2) is 0 Å². The Morgan fingerprint density at radius 3 is 2.57 bits per heavy atom. The zero-order chi connectivity index (χ0) is 10.1. The quantitative estimate of drug-likeness (QED) is 0.723. The Morgan fingerprint density at radius 2 is 2.07 bits per heavy atom. The fourth-order valence-corrected chi connectivity index (χ4v) is 2.03. The van der Waals surface area contributed by atoms with E-state index in [2.05, 4.69) is 6.58 Å². The van der Waals surface area contributed by atoms with Gasteiger partial charge in [0, 0.05) is 0 Å². The van der Waals surface area contributed by atoms with Crippen LogP contribution >= 0.6 is 0 Å². The molecule has 1 aromatic rings. The van der Waals surface area contributed by atoms with E-state index in [0.717, 1.165) is 12.0 Å². The summed E-state index contributed by atoms with van der Waals surface area (Å²) in [6, 6.07) is 9.88. The summed E-state index contributed by atoms with van der Waals surface area (Å²) in [5, 5.41) is 10.0. The highest BCUT2D eigenvalue weighted by atomic mass is 16.3. The molecule has 14 heavy (non-hydrogen) atoms. The lowest BCUT2D eigenvalue weighted by Crippen LogP contribution is -2.01. The predicted molar refractivity (Wildman–Crippen MR) is 57.8 cm³/mol. The summed E-state index contributed by atoms with van der Waals surface area (Å²) < 4.78 is 0. The molecule has 0 amide bonds. The first-order valence-corrected chi connectivity index (χ1v) is 5.08. The minimum atomic E-state index is -0.308. The third kappa shape index (κ3) is 1.73. The Hall–Kier alpha value is -1.08. The van der Waals surface area contributed by atoms with Crippen LogP contribution in [-0.4, -0.2) is 5.11 Å². The third-order valence-electron chi connectivity index (χ3n) is 3.02. The van der Waals surface area contributed by atoms with Gasteiger partial charge in [0.25, 0.3) is 0 Å². The highest BCUT2D eigenvalue weighted by Crippen LogP contribution is 2.50. The van der Waals surface area contributed by atoms with Gasteiger partial charge in [0.1, 0.15) is 0 Å². The van der Waals surface area contributed by atoms with E-state index >= 15 is 0 Å². The molecule has 1 aromatic carbocycles. The van der Waals surface area contributed by atoms with Crippen molar-refractivity contribution in [2.75, 3.05) is 0 Å². The SMILES string of the molecule is C=C(C)[C@H]1C[C@@H]1[C@H](O)c1ccccc1. The van der Waals surface area contributed by atoms with Gasteiger partial charge in [0.15, 0.2) is 0 Å². The first-order valence-electron chi connectivity index (χ1n) is 5.08. The van der Waals surface area contributed by atoms with Crippen LogP contribution in [0.5, 0.6) is 0 Å². The molecule has 0 unspecified atom stereocenters. The van der Waals surface area contributed by atoms with Gasteiger partial charge >= 0.3 is 0 Å². The van der Waals surface area contributed by atoms with E-state index in [1.54, 1.807) is 0 Å².